The summed E-state index contributed by atoms with van der Waals surface area (Å²) < 4.78 is 0. The number of aryl methyl sites for hydroxylation is 1. The first-order valence-electron chi connectivity index (χ1n) is 6.57. The lowest BCUT2D eigenvalue weighted by molar-refractivity contribution is -0.142. The van der Waals surface area contributed by atoms with Gasteiger partial charge in [0, 0.05) is 17.1 Å². The maximum Gasteiger partial charge on any atom is 0.308 e. The minimum atomic E-state index is -0.888. The predicted octanol–water partition coefficient (Wildman–Crippen LogP) is 3.13. The second-order valence-corrected chi connectivity index (χ2v) is 5.83. The van der Waals surface area contributed by atoms with Crippen LogP contribution in [-0.2, 0) is 4.79 Å². The van der Waals surface area contributed by atoms with Crippen molar-refractivity contribution in [2.24, 2.45) is 11.8 Å². The normalized spacial score (nSPS) is 12.2. The fraction of sp³-hybridized carbons (Fsp3) is 0.467. The first-order chi connectivity index (χ1) is 9.29. The summed E-state index contributed by atoms with van der Waals surface area (Å²) in [6, 6.07) is 5.05. The number of nitrogens with one attached hydrogen (secondary N) is 1. The summed E-state index contributed by atoms with van der Waals surface area (Å²) in [6.07, 6.45) is 0.532. The molecule has 0 aromatic heterocycles. The third kappa shape index (κ3) is 5.21. The lowest BCUT2D eigenvalue weighted by Gasteiger charge is -2.15. The number of hydrogen-bond acceptors (Lipinski definition) is 2. The molecule has 110 valence electrons. The SMILES string of the molecule is Cc1cc(Cl)cc(C(=O)NCC(CC(C)C)C(=O)O)c1. The number of carboxylic acid groups (broad SMARTS) is 1. The zero-order valence-electron chi connectivity index (χ0n) is 11.9. The molecular formula is C15H20ClNO3. The van der Waals surface area contributed by atoms with Crippen molar-refractivity contribution in [3.63, 3.8) is 0 Å². The molecule has 2 N–H and O–H groups in total. The number of hydrogen-bond donors (Lipinski definition) is 2. The highest BCUT2D eigenvalue weighted by molar-refractivity contribution is 6.31. The Morgan fingerprint density at radius 3 is 2.45 bits per heavy atom. The summed E-state index contributed by atoms with van der Waals surface area (Å²) in [5, 5.41) is 12.3. The Morgan fingerprint density at radius 1 is 1.30 bits per heavy atom. The molecule has 5 heteroatoms. The molecule has 20 heavy (non-hydrogen) atoms. The molecule has 1 aromatic carbocycles. The van der Waals surface area contributed by atoms with Crippen LogP contribution in [0.4, 0.5) is 0 Å². The molecule has 0 aliphatic heterocycles. The average molecular weight is 298 g/mol. The van der Waals surface area contributed by atoms with E-state index in [1.165, 1.54) is 0 Å². The van der Waals surface area contributed by atoms with Crippen molar-refractivity contribution in [2.45, 2.75) is 27.2 Å². The highest BCUT2D eigenvalue weighted by Gasteiger charge is 2.20. The molecule has 0 aliphatic carbocycles. The number of rotatable bonds is 6. The van der Waals surface area contributed by atoms with Crippen molar-refractivity contribution in [1.29, 1.82) is 0 Å². The second kappa shape index (κ2) is 7.29. The number of benzene rings is 1. The van der Waals surface area contributed by atoms with Crippen molar-refractivity contribution in [1.82, 2.24) is 5.32 Å². The summed E-state index contributed by atoms with van der Waals surface area (Å²) in [5.41, 5.74) is 1.34. The van der Waals surface area contributed by atoms with Gasteiger partial charge in [-0.05, 0) is 43.0 Å². The van der Waals surface area contributed by atoms with Crippen LogP contribution >= 0.6 is 11.6 Å². The van der Waals surface area contributed by atoms with Crippen LogP contribution in [0.25, 0.3) is 0 Å². The van der Waals surface area contributed by atoms with Crippen molar-refractivity contribution < 1.29 is 14.7 Å². The van der Waals surface area contributed by atoms with Gasteiger partial charge in [0.25, 0.3) is 5.91 Å². The topological polar surface area (TPSA) is 66.4 Å². The number of carbonyl (C=O) groups excluding carboxylic acids is 1. The van der Waals surface area contributed by atoms with E-state index in [0.29, 0.717) is 17.0 Å². The van der Waals surface area contributed by atoms with Crippen molar-refractivity contribution in [2.75, 3.05) is 6.54 Å². The van der Waals surface area contributed by atoms with Crippen LogP contribution in [0.15, 0.2) is 18.2 Å². The standard InChI is InChI=1S/C15H20ClNO3/c1-9(2)4-12(15(19)20)8-17-14(18)11-5-10(3)6-13(16)7-11/h5-7,9,12H,4,8H2,1-3H3,(H,17,18)(H,19,20). The number of amides is 1. The molecule has 1 rings (SSSR count). The smallest absolute Gasteiger partial charge is 0.308 e. The molecule has 0 heterocycles. The van der Waals surface area contributed by atoms with E-state index in [1.807, 2.05) is 20.8 Å². The minimum absolute atomic E-state index is 0.123. The van der Waals surface area contributed by atoms with E-state index in [0.717, 1.165) is 5.56 Å². The molecule has 0 saturated carbocycles. The van der Waals surface area contributed by atoms with Crippen molar-refractivity contribution in [3.05, 3.63) is 34.3 Å². The fourth-order valence-corrected chi connectivity index (χ4v) is 2.32. The summed E-state index contributed by atoms with van der Waals surface area (Å²) in [6.45, 7) is 5.88. The molecule has 4 nitrogen and oxygen atoms in total. The molecule has 0 radical (unpaired) electrons. The Morgan fingerprint density at radius 2 is 1.95 bits per heavy atom. The van der Waals surface area contributed by atoms with Gasteiger partial charge in [-0.15, -0.1) is 0 Å². The largest absolute Gasteiger partial charge is 0.481 e. The summed E-state index contributed by atoms with van der Waals surface area (Å²) in [5.74, 6) is -1.49. The number of aliphatic carboxylic acids is 1. The van der Waals surface area contributed by atoms with Crippen molar-refractivity contribution >= 4 is 23.5 Å². The highest BCUT2D eigenvalue weighted by Crippen LogP contribution is 2.15. The zero-order valence-corrected chi connectivity index (χ0v) is 12.7. The van der Waals surface area contributed by atoms with E-state index in [2.05, 4.69) is 5.32 Å². The molecule has 1 atom stereocenters. The van der Waals surface area contributed by atoms with Gasteiger partial charge in [0.1, 0.15) is 0 Å². The van der Waals surface area contributed by atoms with Crippen LogP contribution in [0.2, 0.25) is 5.02 Å². The molecular weight excluding hydrogens is 278 g/mol. The monoisotopic (exact) mass is 297 g/mol. The van der Waals surface area contributed by atoms with Crippen LogP contribution in [0.3, 0.4) is 0 Å². The van der Waals surface area contributed by atoms with Crippen molar-refractivity contribution in [3.8, 4) is 0 Å². The Hall–Kier alpha value is -1.55. The number of carbonyl (C=O) groups is 2. The molecule has 0 aliphatic rings. The Bertz CT molecular complexity index is 480. The van der Waals surface area contributed by atoms with E-state index in [-0.39, 0.29) is 18.4 Å². The summed E-state index contributed by atoms with van der Waals surface area (Å²) in [7, 11) is 0. The number of carboxylic acids is 1. The van der Waals surface area contributed by atoms with E-state index >= 15 is 0 Å². The first-order valence-corrected chi connectivity index (χ1v) is 6.95. The quantitative estimate of drug-likeness (QED) is 0.848. The molecule has 0 saturated heterocycles. The fourth-order valence-electron chi connectivity index (χ4n) is 2.03. The van der Waals surface area contributed by atoms with Gasteiger partial charge in [0.2, 0.25) is 0 Å². The van der Waals surface area contributed by atoms with Crippen LogP contribution in [0.1, 0.15) is 36.2 Å². The molecule has 0 spiro atoms. The first kappa shape index (κ1) is 16.5. The maximum absolute atomic E-state index is 12.0. The maximum atomic E-state index is 12.0. The van der Waals surface area contributed by atoms with Crippen LogP contribution < -0.4 is 5.32 Å². The molecule has 0 fully saturated rings. The molecule has 1 aromatic rings. The summed E-state index contributed by atoms with van der Waals surface area (Å²) in [4.78, 5) is 23.1. The van der Waals surface area contributed by atoms with Crippen LogP contribution in [-0.4, -0.2) is 23.5 Å². The van der Waals surface area contributed by atoms with Gasteiger partial charge in [0.05, 0.1) is 5.92 Å². The molecule has 1 unspecified atom stereocenters. The Labute approximate surface area is 124 Å². The lowest BCUT2D eigenvalue weighted by atomic mass is 9.97. The zero-order chi connectivity index (χ0) is 15.3. The Kier molecular flexibility index (Phi) is 6.02. The van der Waals surface area contributed by atoms with Gasteiger partial charge in [-0.25, -0.2) is 0 Å². The summed E-state index contributed by atoms with van der Waals surface area (Å²) >= 11 is 5.90. The highest BCUT2D eigenvalue weighted by atomic mass is 35.5. The lowest BCUT2D eigenvalue weighted by Crippen LogP contribution is -2.33. The van der Waals surface area contributed by atoms with E-state index in [4.69, 9.17) is 16.7 Å². The third-order valence-corrected chi connectivity index (χ3v) is 3.14. The van der Waals surface area contributed by atoms with Gasteiger partial charge < -0.3 is 10.4 Å². The second-order valence-electron chi connectivity index (χ2n) is 5.39. The number of halogens is 1. The van der Waals surface area contributed by atoms with Crippen LogP contribution in [0, 0.1) is 18.8 Å². The van der Waals surface area contributed by atoms with Gasteiger partial charge in [-0.2, -0.15) is 0 Å². The van der Waals surface area contributed by atoms with E-state index in [1.54, 1.807) is 18.2 Å². The van der Waals surface area contributed by atoms with E-state index in [9.17, 15) is 9.59 Å². The minimum Gasteiger partial charge on any atom is -0.481 e. The van der Waals surface area contributed by atoms with Gasteiger partial charge in [0.15, 0.2) is 0 Å². The van der Waals surface area contributed by atoms with Crippen LogP contribution in [0.5, 0.6) is 0 Å². The Balaban J connectivity index is 2.67. The van der Waals surface area contributed by atoms with Gasteiger partial charge in [-0.1, -0.05) is 25.4 Å². The van der Waals surface area contributed by atoms with E-state index < -0.39 is 11.9 Å². The third-order valence-electron chi connectivity index (χ3n) is 2.92. The predicted molar refractivity (Wildman–Crippen MR) is 79.1 cm³/mol. The average Bonchev–Trinajstić information content (AvgIpc) is 2.32. The van der Waals surface area contributed by atoms with Gasteiger partial charge in [-0.3, -0.25) is 9.59 Å². The molecule has 0 bridgehead atoms. The van der Waals surface area contributed by atoms with Gasteiger partial charge >= 0.3 is 5.97 Å². The molecule has 1 amide bonds.